The van der Waals surface area contributed by atoms with Crippen molar-refractivity contribution in [2.75, 3.05) is 0 Å². The molecule has 1 unspecified atom stereocenters. The second kappa shape index (κ2) is 7.67. The molecule has 21 heavy (non-hydrogen) atoms. The van der Waals surface area contributed by atoms with Crippen LogP contribution in [0.2, 0.25) is 0 Å². The Hall–Kier alpha value is -2.03. The highest BCUT2D eigenvalue weighted by atomic mass is 16.4. The standard InChI is InChI=1S/C18H23NO2/c1-2-3-5-11-16-12-8-13-19(16)17(18(20)21)14-15-9-6-4-7-10-15/h4,6-10,12-13,17H,2-3,5,11,14H2,1H3,(H,20,21). The zero-order valence-corrected chi connectivity index (χ0v) is 12.5. The SMILES string of the molecule is CCCCCc1cccn1C(Cc1ccccc1)C(=O)O. The Balaban J connectivity index is 2.15. The van der Waals surface area contributed by atoms with E-state index in [0.717, 1.165) is 24.1 Å². The third-order valence-electron chi connectivity index (χ3n) is 3.80. The van der Waals surface area contributed by atoms with Crippen LogP contribution in [0.25, 0.3) is 0 Å². The molecule has 0 aliphatic heterocycles. The van der Waals surface area contributed by atoms with Crippen LogP contribution in [-0.4, -0.2) is 15.6 Å². The average molecular weight is 285 g/mol. The summed E-state index contributed by atoms with van der Waals surface area (Å²) in [5.41, 5.74) is 2.17. The first-order chi connectivity index (χ1) is 10.2. The number of aromatic nitrogens is 1. The van der Waals surface area contributed by atoms with Gasteiger partial charge in [0.25, 0.3) is 0 Å². The van der Waals surface area contributed by atoms with Gasteiger partial charge in [-0.1, -0.05) is 50.1 Å². The molecule has 3 heteroatoms. The average Bonchev–Trinajstić information content (AvgIpc) is 2.94. The highest BCUT2D eigenvalue weighted by molar-refractivity contribution is 5.72. The number of aryl methyl sites for hydroxylation is 1. The smallest absolute Gasteiger partial charge is 0.327 e. The summed E-state index contributed by atoms with van der Waals surface area (Å²) in [6, 6.07) is 13.3. The monoisotopic (exact) mass is 285 g/mol. The third kappa shape index (κ3) is 4.22. The van der Waals surface area contributed by atoms with E-state index in [1.165, 1.54) is 12.8 Å². The van der Waals surface area contributed by atoms with Gasteiger partial charge in [-0.15, -0.1) is 0 Å². The van der Waals surface area contributed by atoms with E-state index in [2.05, 4.69) is 6.92 Å². The molecule has 0 radical (unpaired) electrons. The summed E-state index contributed by atoms with van der Waals surface area (Å²) in [6.45, 7) is 2.18. The van der Waals surface area contributed by atoms with E-state index in [-0.39, 0.29) is 0 Å². The fourth-order valence-corrected chi connectivity index (χ4v) is 2.64. The van der Waals surface area contributed by atoms with Gasteiger partial charge < -0.3 is 9.67 Å². The second-order valence-corrected chi connectivity index (χ2v) is 5.41. The Labute approximate surface area is 126 Å². The van der Waals surface area contributed by atoms with Crippen LogP contribution in [0.15, 0.2) is 48.7 Å². The molecule has 2 rings (SSSR count). The molecular weight excluding hydrogens is 262 g/mol. The third-order valence-corrected chi connectivity index (χ3v) is 3.80. The van der Waals surface area contributed by atoms with Crippen molar-refractivity contribution in [1.29, 1.82) is 0 Å². The van der Waals surface area contributed by atoms with Gasteiger partial charge in [-0.05, 0) is 30.5 Å². The molecule has 1 aromatic heterocycles. The van der Waals surface area contributed by atoms with Crippen molar-refractivity contribution in [2.24, 2.45) is 0 Å². The van der Waals surface area contributed by atoms with Crippen LogP contribution in [0.5, 0.6) is 0 Å². The van der Waals surface area contributed by atoms with Crippen LogP contribution >= 0.6 is 0 Å². The molecule has 0 bridgehead atoms. The van der Waals surface area contributed by atoms with Gasteiger partial charge in [-0.25, -0.2) is 4.79 Å². The van der Waals surface area contributed by atoms with Crippen LogP contribution < -0.4 is 0 Å². The van der Waals surface area contributed by atoms with Gasteiger partial charge in [0, 0.05) is 18.3 Å². The number of aliphatic carboxylic acids is 1. The van der Waals surface area contributed by atoms with E-state index >= 15 is 0 Å². The van der Waals surface area contributed by atoms with Gasteiger partial charge >= 0.3 is 5.97 Å². The van der Waals surface area contributed by atoms with Gasteiger partial charge in [0.15, 0.2) is 0 Å². The lowest BCUT2D eigenvalue weighted by atomic mass is 10.1. The van der Waals surface area contributed by atoms with E-state index in [4.69, 9.17) is 0 Å². The summed E-state index contributed by atoms with van der Waals surface area (Å²) in [5, 5.41) is 9.58. The fraction of sp³-hybridized carbons (Fsp3) is 0.389. The van der Waals surface area contributed by atoms with Gasteiger partial charge in [-0.2, -0.15) is 0 Å². The largest absolute Gasteiger partial charge is 0.480 e. The fourth-order valence-electron chi connectivity index (χ4n) is 2.64. The number of hydrogen-bond donors (Lipinski definition) is 1. The molecule has 0 aliphatic carbocycles. The Morgan fingerprint density at radius 2 is 1.90 bits per heavy atom. The van der Waals surface area contributed by atoms with Gasteiger partial charge in [0.1, 0.15) is 6.04 Å². The zero-order chi connectivity index (χ0) is 15.1. The maximum Gasteiger partial charge on any atom is 0.327 e. The Kier molecular flexibility index (Phi) is 5.61. The summed E-state index contributed by atoms with van der Waals surface area (Å²) in [5.74, 6) is -0.771. The predicted molar refractivity (Wildman–Crippen MR) is 84.5 cm³/mol. The second-order valence-electron chi connectivity index (χ2n) is 5.41. The highest BCUT2D eigenvalue weighted by Crippen LogP contribution is 2.19. The Morgan fingerprint density at radius 3 is 2.57 bits per heavy atom. The first-order valence-electron chi connectivity index (χ1n) is 7.64. The van der Waals surface area contributed by atoms with E-state index in [9.17, 15) is 9.90 Å². The Bertz CT molecular complexity index is 560. The molecule has 0 saturated carbocycles. The minimum Gasteiger partial charge on any atom is -0.480 e. The maximum absolute atomic E-state index is 11.7. The van der Waals surface area contributed by atoms with Crippen molar-refractivity contribution in [2.45, 2.75) is 45.1 Å². The normalized spacial score (nSPS) is 12.2. The van der Waals surface area contributed by atoms with E-state index in [1.807, 2.05) is 53.2 Å². The molecule has 1 N–H and O–H groups in total. The van der Waals surface area contributed by atoms with Crippen molar-refractivity contribution < 1.29 is 9.90 Å². The lowest BCUT2D eigenvalue weighted by molar-refractivity contribution is -0.140. The van der Waals surface area contributed by atoms with Crippen molar-refractivity contribution in [3.63, 3.8) is 0 Å². The summed E-state index contributed by atoms with van der Waals surface area (Å²) in [6.07, 6.45) is 6.82. The van der Waals surface area contributed by atoms with Crippen LogP contribution in [0.3, 0.4) is 0 Å². The lowest BCUT2D eigenvalue weighted by Crippen LogP contribution is -2.22. The number of carboxylic acid groups (broad SMARTS) is 1. The summed E-state index contributed by atoms with van der Waals surface area (Å²) >= 11 is 0. The van der Waals surface area contributed by atoms with Crippen LogP contribution in [-0.2, 0) is 17.6 Å². The van der Waals surface area contributed by atoms with Gasteiger partial charge in [-0.3, -0.25) is 0 Å². The highest BCUT2D eigenvalue weighted by Gasteiger charge is 2.21. The molecule has 1 aromatic carbocycles. The molecule has 112 valence electrons. The topological polar surface area (TPSA) is 42.2 Å². The van der Waals surface area contributed by atoms with Crippen molar-refractivity contribution in [3.05, 3.63) is 59.9 Å². The molecule has 1 heterocycles. The molecule has 0 amide bonds. The molecule has 3 nitrogen and oxygen atoms in total. The van der Waals surface area contributed by atoms with E-state index in [0.29, 0.717) is 6.42 Å². The molecule has 0 saturated heterocycles. The first kappa shape index (κ1) is 15.4. The molecular formula is C18H23NO2. The molecule has 0 spiro atoms. The predicted octanol–water partition coefficient (Wildman–Crippen LogP) is 4.09. The number of carboxylic acids is 1. The molecule has 0 aliphatic rings. The molecule has 2 aromatic rings. The maximum atomic E-state index is 11.7. The zero-order valence-electron chi connectivity index (χ0n) is 12.5. The van der Waals surface area contributed by atoms with Crippen molar-refractivity contribution >= 4 is 5.97 Å². The van der Waals surface area contributed by atoms with E-state index < -0.39 is 12.0 Å². The number of hydrogen-bond acceptors (Lipinski definition) is 1. The minimum absolute atomic E-state index is 0.519. The number of unbranched alkanes of at least 4 members (excludes halogenated alkanes) is 2. The number of benzene rings is 1. The van der Waals surface area contributed by atoms with Crippen LogP contribution in [0.1, 0.15) is 43.5 Å². The summed E-state index contributed by atoms with van der Waals surface area (Å²) in [4.78, 5) is 11.7. The number of rotatable bonds is 8. The van der Waals surface area contributed by atoms with Crippen molar-refractivity contribution in [1.82, 2.24) is 4.57 Å². The quantitative estimate of drug-likeness (QED) is 0.742. The van der Waals surface area contributed by atoms with Crippen molar-refractivity contribution in [3.8, 4) is 0 Å². The first-order valence-corrected chi connectivity index (χ1v) is 7.64. The van der Waals surface area contributed by atoms with Gasteiger partial charge in [0.2, 0.25) is 0 Å². The van der Waals surface area contributed by atoms with Gasteiger partial charge in [0.05, 0.1) is 0 Å². The number of nitrogens with zero attached hydrogens (tertiary/aromatic N) is 1. The summed E-state index contributed by atoms with van der Waals surface area (Å²) < 4.78 is 1.92. The minimum atomic E-state index is -0.771. The lowest BCUT2D eigenvalue weighted by Gasteiger charge is -2.18. The van der Waals surface area contributed by atoms with Crippen LogP contribution in [0.4, 0.5) is 0 Å². The Morgan fingerprint density at radius 1 is 1.14 bits per heavy atom. The molecule has 1 atom stereocenters. The molecule has 0 fully saturated rings. The van der Waals surface area contributed by atoms with E-state index in [1.54, 1.807) is 0 Å². The summed E-state index contributed by atoms with van der Waals surface area (Å²) in [7, 11) is 0. The number of carbonyl (C=O) groups is 1. The van der Waals surface area contributed by atoms with Crippen LogP contribution in [0, 0.1) is 0 Å².